The van der Waals surface area contributed by atoms with Crippen molar-refractivity contribution in [1.82, 2.24) is 4.98 Å². The van der Waals surface area contributed by atoms with Crippen molar-refractivity contribution in [3.05, 3.63) is 76.2 Å². The second-order valence-electron chi connectivity index (χ2n) is 5.86. The summed E-state index contributed by atoms with van der Waals surface area (Å²) in [5.74, 6) is 0.744. The molecule has 1 N–H and O–H groups in total. The van der Waals surface area contributed by atoms with Crippen molar-refractivity contribution in [3.63, 3.8) is 0 Å². The minimum atomic E-state index is -0.483. The summed E-state index contributed by atoms with van der Waals surface area (Å²) in [6.07, 6.45) is 3.09. The van der Waals surface area contributed by atoms with Gasteiger partial charge in [-0.3, -0.25) is 20.2 Å². The first-order valence-corrected chi connectivity index (χ1v) is 8.99. The van der Waals surface area contributed by atoms with Crippen LogP contribution in [0.1, 0.15) is 15.9 Å². The molecule has 0 bridgehead atoms. The van der Waals surface area contributed by atoms with E-state index in [-0.39, 0.29) is 5.69 Å². The highest BCUT2D eigenvalue weighted by Crippen LogP contribution is 2.39. The monoisotopic (exact) mass is 395 g/mol. The van der Waals surface area contributed by atoms with Gasteiger partial charge in [0.2, 0.25) is 0 Å². The molecule has 1 aromatic carbocycles. The number of furan rings is 2. The van der Waals surface area contributed by atoms with Crippen molar-refractivity contribution < 1.29 is 18.6 Å². The molecule has 4 aromatic rings. The zero-order valence-corrected chi connectivity index (χ0v) is 15.4. The summed E-state index contributed by atoms with van der Waals surface area (Å²) in [6, 6.07) is 11.3. The van der Waals surface area contributed by atoms with Crippen LogP contribution in [0.4, 0.5) is 10.8 Å². The normalized spacial score (nSPS) is 10.8. The number of hydrogen-bond donors (Lipinski definition) is 1. The quantitative estimate of drug-likeness (QED) is 0.370. The highest BCUT2D eigenvalue weighted by atomic mass is 32.1. The van der Waals surface area contributed by atoms with Gasteiger partial charge in [0, 0.05) is 17.2 Å². The number of hydrogen-bond acceptors (Lipinski definition) is 7. The molecule has 0 aliphatic carbocycles. The first-order chi connectivity index (χ1) is 13.5. The molecule has 0 fully saturated rings. The molecular formula is C19H13N3O5S. The number of nitrogens with one attached hydrogen (secondary N) is 1. The van der Waals surface area contributed by atoms with Crippen LogP contribution >= 0.6 is 11.3 Å². The van der Waals surface area contributed by atoms with Gasteiger partial charge in [-0.05, 0) is 43.3 Å². The second-order valence-corrected chi connectivity index (χ2v) is 6.86. The number of aromatic nitrogens is 1. The van der Waals surface area contributed by atoms with Gasteiger partial charge in [-0.2, -0.15) is 0 Å². The van der Waals surface area contributed by atoms with Crippen LogP contribution in [-0.2, 0) is 0 Å². The van der Waals surface area contributed by atoms with Gasteiger partial charge in [-0.25, -0.2) is 4.98 Å². The maximum absolute atomic E-state index is 12.6. The van der Waals surface area contributed by atoms with Gasteiger partial charge < -0.3 is 8.83 Å². The maximum atomic E-state index is 12.6. The average molecular weight is 395 g/mol. The van der Waals surface area contributed by atoms with Gasteiger partial charge in [0.05, 0.1) is 17.4 Å². The Morgan fingerprint density at radius 1 is 1.14 bits per heavy atom. The minimum absolute atomic E-state index is 0.0361. The molecule has 0 aliphatic heterocycles. The van der Waals surface area contributed by atoms with E-state index in [0.29, 0.717) is 33.5 Å². The van der Waals surface area contributed by atoms with Crippen LogP contribution in [0.2, 0.25) is 0 Å². The van der Waals surface area contributed by atoms with E-state index in [2.05, 4.69) is 10.3 Å². The number of nitro groups is 1. The second kappa shape index (κ2) is 7.12. The predicted molar refractivity (Wildman–Crippen MR) is 103 cm³/mol. The highest BCUT2D eigenvalue weighted by Gasteiger charge is 2.21. The van der Waals surface area contributed by atoms with Crippen molar-refractivity contribution in [2.45, 2.75) is 6.92 Å². The van der Waals surface area contributed by atoms with Crippen LogP contribution in [0.15, 0.2) is 63.8 Å². The van der Waals surface area contributed by atoms with E-state index in [1.807, 2.05) is 0 Å². The zero-order chi connectivity index (χ0) is 19.7. The van der Waals surface area contributed by atoms with Gasteiger partial charge in [-0.15, -0.1) is 0 Å². The third-order valence-corrected chi connectivity index (χ3v) is 4.99. The Hall–Kier alpha value is -3.72. The molecule has 140 valence electrons. The molecule has 28 heavy (non-hydrogen) atoms. The number of aryl methyl sites for hydroxylation is 1. The summed E-state index contributed by atoms with van der Waals surface area (Å²) < 4.78 is 10.9. The molecule has 1 amide bonds. The van der Waals surface area contributed by atoms with Crippen LogP contribution in [0.25, 0.3) is 22.1 Å². The molecule has 0 aliphatic rings. The van der Waals surface area contributed by atoms with Crippen LogP contribution in [0.5, 0.6) is 0 Å². The number of thiazole rings is 1. The first-order valence-electron chi connectivity index (χ1n) is 8.18. The number of carbonyl (C=O) groups is 1. The number of benzene rings is 1. The Labute approximate surface area is 162 Å². The lowest BCUT2D eigenvalue weighted by molar-refractivity contribution is -0.385. The summed E-state index contributed by atoms with van der Waals surface area (Å²) in [6.45, 7) is 1.59. The zero-order valence-electron chi connectivity index (χ0n) is 14.5. The Balaban J connectivity index is 1.65. The fourth-order valence-electron chi connectivity index (χ4n) is 2.70. The lowest BCUT2D eigenvalue weighted by Gasteiger charge is -2.03. The Kier molecular flexibility index (Phi) is 4.50. The van der Waals surface area contributed by atoms with E-state index < -0.39 is 10.8 Å². The van der Waals surface area contributed by atoms with Gasteiger partial charge in [-0.1, -0.05) is 11.3 Å². The maximum Gasteiger partial charge on any atom is 0.272 e. The number of carbonyl (C=O) groups excluding carboxylic acids is 1. The Morgan fingerprint density at radius 3 is 2.46 bits per heavy atom. The van der Waals surface area contributed by atoms with Crippen LogP contribution in [0.3, 0.4) is 0 Å². The average Bonchev–Trinajstić information content (AvgIpc) is 3.41. The SMILES string of the molecule is Cc1cc(C(=O)Nc2nc(-c3ccco3)c(-c3ccco3)s2)ccc1[N+](=O)[O-]. The molecule has 3 aromatic heterocycles. The third-order valence-electron chi connectivity index (χ3n) is 4.00. The highest BCUT2D eigenvalue weighted by molar-refractivity contribution is 7.19. The standard InChI is InChI=1S/C19H13N3O5S/c1-11-10-12(6-7-13(11)22(24)25)18(23)21-19-20-16(14-4-2-8-26-14)17(28-19)15-5-3-9-27-15/h2-10H,1H3,(H,20,21,23). The summed E-state index contributed by atoms with van der Waals surface area (Å²) in [5.41, 5.74) is 1.23. The van der Waals surface area contributed by atoms with E-state index >= 15 is 0 Å². The van der Waals surface area contributed by atoms with Gasteiger partial charge >= 0.3 is 0 Å². The smallest absolute Gasteiger partial charge is 0.272 e. The molecule has 9 heteroatoms. The topological polar surface area (TPSA) is 111 Å². The lowest BCUT2D eigenvalue weighted by Crippen LogP contribution is -2.12. The Bertz CT molecular complexity index is 1090. The Morgan fingerprint density at radius 2 is 1.86 bits per heavy atom. The largest absolute Gasteiger partial charge is 0.463 e. The predicted octanol–water partition coefficient (Wildman–Crippen LogP) is 5.13. The van der Waals surface area contributed by atoms with Crippen LogP contribution in [0, 0.1) is 17.0 Å². The molecule has 0 atom stereocenters. The lowest BCUT2D eigenvalue weighted by atomic mass is 10.1. The number of nitrogens with zero attached hydrogens (tertiary/aromatic N) is 2. The number of nitro benzene ring substituents is 1. The van der Waals surface area contributed by atoms with E-state index in [4.69, 9.17) is 8.83 Å². The summed E-state index contributed by atoms with van der Waals surface area (Å²) in [4.78, 5) is 28.2. The third kappa shape index (κ3) is 3.30. The fourth-order valence-corrected chi connectivity index (χ4v) is 3.63. The molecule has 0 spiro atoms. The van der Waals surface area contributed by atoms with Crippen molar-refractivity contribution in [3.8, 4) is 22.1 Å². The number of amides is 1. The van der Waals surface area contributed by atoms with Crippen molar-refractivity contribution in [1.29, 1.82) is 0 Å². The molecule has 0 unspecified atom stereocenters. The summed E-state index contributed by atoms with van der Waals surface area (Å²) in [7, 11) is 0. The van der Waals surface area contributed by atoms with Crippen molar-refractivity contribution in [2.24, 2.45) is 0 Å². The molecule has 0 saturated carbocycles. The van der Waals surface area contributed by atoms with Gasteiger partial charge in [0.1, 0.15) is 16.3 Å². The van der Waals surface area contributed by atoms with E-state index in [1.54, 1.807) is 43.7 Å². The molecule has 4 rings (SSSR count). The molecular weight excluding hydrogens is 382 g/mol. The van der Waals surface area contributed by atoms with E-state index in [0.717, 1.165) is 4.88 Å². The van der Waals surface area contributed by atoms with Crippen molar-refractivity contribution in [2.75, 3.05) is 5.32 Å². The number of anilines is 1. The van der Waals surface area contributed by atoms with E-state index in [1.165, 1.54) is 29.5 Å². The fraction of sp³-hybridized carbons (Fsp3) is 0.0526. The molecule has 3 heterocycles. The minimum Gasteiger partial charge on any atom is -0.463 e. The summed E-state index contributed by atoms with van der Waals surface area (Å²) >= 11 is 1.25. The van der Waals surface area contributed by atoms with Gasteiger partial charge in [0.25, 0.3) is 11.6 Å². The molecule has 0 saturated heterocycles. The molecule has 8 nitrogen and oxygen atoms in total. The summed E-state index contributed by atoms with van der Waals surface area (Å²) in [5, 5.41) is 14.0. The number of rotatable bonds is 5. The van der Waals surface area contributed by atoms with Gasteiger partial charge in [0.15, 0.2) is 10.9 Å². The van der Waals surface area contributed by atoms with Crippen molar-refractivity contribution >= 4 is 28.1 Å². The van der Waals surface area contributed by atoms with Crippen LogP contribution < -0.4 is 5.32 Å². The first kappa shape index (κ1) is 17.7. The molecule has 0 radical (unpaired) electrons. The van der Waals surface area contributed by atoms with Crippen LogP contribution in [-0.4, -0.2) is 15.8 Å². The van der Waals surface area contributed by atoms with E-state index in [9.17, 15) is 14.9 Å².